The minimum absolute atomic E-state index is 0.0844. The molecule has 0 saturated heterocycles. The SMILES string of the molecule is CCC1(Cc2ccc(C(F)(F)F)cc2)CCC(O)(CNC(=O)c2ccc3[nH]c(=O)oc3c2)CC1. The molecule has 1 amide bonds. The molecule has 0 unspecified atom stereocenters. The quantitative estimate of drug-likeness (QED) is 0.476. The number of halogens is 3. The van der Waals surface area contributed by atoms with Crippen LogP contribution in [0.4, 0.5) is 13.2 Å². The second kappa shape index (κ2) is 8.94. The van der Waals surface area contributed by atoms with Crippen molar-refractivity contribution >= 4 is 17.0 Å². The summed E-state index contributed by atoms with van der Waals surface area (Å²) in [5, 5.41) is 13.8. The van der Waals surface area contributed by atoms with Gasteiger partial charge in [-0.2, -0.15) is 13.2 Å². The van der Waals surface area contributed by atoms with Crippen LogP contribution in [0.5, 0.6) is 0 Å². The molecule has 34 heavy (non-hydrogen) atoms. The fourth-order valence-electron chi connectivity index (χ4n) is 4.76. The predicted molar refractivity (Wildman–Crippen MR) is 120 cm³/mol. The molecule has 0 bridgehead atoms. The van der Waals surface area contributed by atoms with Crippen LogP contribution in [0, 0.1) is 5.41 Å². The van der Waals surface area contributed by atoms with Crippen LogP contribution in [-0.4, -0.2) is 28.1 Å². The van der Waals surface area contributed by atoms with Crippen molar-refractivity contribution in [3.8, 4) is 0 Å². The van der Waals surface area contributed by atoms with E-state index in [9.17, 15) is 27.9 Å². The summed E-state index contributed by atoms with van der Waals surface area (Å²) in [6, 6.07) is 9.92. The van der Waals surface area contributed by atoms with E-state index in [0.29, 0.717) is 43.2 Å². The fourth-order valence-corrected chi connectivity index (χ4v) is 4.76. The average molecular weight is 476 g/mol. The Balaban J connectivity index is 1.35. The van der Waals surface area contributed by atoms with E-state index in [2.05, 4.69) is 17.2 Å². The van der Waals surface area contributed by atoms with Gasteiger partial charge >= 0.3 is 11.9 Å². The first-order valence-electron chi connectivity index (χ1n) is 11.3. The van der Waals surface area contributed by atoms with Crippen molar-refractivity contribution in [2.75, 3.05) is 6.54 Å². The van der Waals surface area contributed by atoms with Crippen LogP contribution < -0.4 is 11.1 Å². The summed E-state index contributed by atoms with van der Waals surface area (Å²) in [7, 11) is 0. The summed E-state index contributed by atoms with van der Waals surface area (Å²) in [6.45, 7) is 2.15. The predicted octanol–water partition coefficient (Wildman–Crippen LogP) is 4.81. The van der Waals surface area contributed by atoms with Crippen molar-refractivity contribution in [2.45, 2.75) is 57.2 Å². The van der Waals surface area contributed by atoms with E-state index < -0.39 is 23.1 Å². The molecule has 0 aliphatic heterocycles. The number of rotatable bonds is 6. The molecule has 2 aromatic carbocycles. The molecule has 1 aliphatic rings. The summed E-state index contributed by atoms with van der Waals surface area (Å²) in [4.78, 5) is 26.4. The molecule has 0 spiro atoms. The molecular formula is C25H27F3N2O4. The highest BCUT2D eigenvalue weighted by atomic mass is 19.4. The van der Waals surface area contributed by atoms with Crippen molar-refractivity contribution < 1.29 is 27.5 Å². The Kier molecular flexibility index (Phi) is 6.33. The lowest BCUT2D eigenvalue weighted by Crippen LogP contribution is -2.47. The van der Waals surface area contributed by atoms with E-state index in [1.807, 2.05) is 0 Å². The molecule has 1 aromatic heterocycles. The normalized spacial score (nSPS) is 23.2. The van der Waals surface area contributed by atoms with Crippen LogP contribution in [0.25, 0.3) is 11.1 Å². The molecule has 9 heteroatoms. The van der Waals surface area contributed by atoms with E-state index in [1.54, 1.807) is 12.1 Å². The summed E-state index contributed by atoms with van der Waals surface area (Å²) in [6.07, 6.45) is -0.492. The van der Waals surface area contributed by atoms with Crippen LogP contribution in [0.3, 0.4) is 0 Å². The maximum Gasteiger partial charge on any atom is 0.417 e. The molecular weight excluding hydrogens is 449 g/mol. The number of carbonyl (C=O) groups is 1. The first-order valence-corrected chi connectivity index (χ1v) is 11.3. The molecule has 6 nitrogen and oxygen atoms in total. The summed E-state index contributed by atoms with van der Waals surface area (Å²) in [5.41, 5.74) is 0.126. The van der Waals surface area contributed by atoms with Crippen molar-refractivity contribution in [3.05, 3.63) is 69.7 Å². The molecule has 0 radical (unpaired) electrons. The maximum atomic E-state index is 12.8. The van der Waals surface area contributed by atoms with Gasteiger partial charge in [-0.05, 0) is 73.4 Å². The van der Waals surface area contributed by atoms with Gasteiger partial charge in [-0.3, -0.25) is 9.78 Å². The lowest BCUT2D eigenvalue weighted by Gasteiger charge is -2.44. The number of carbonyl (C=O) groups excluding carboxylic acids is 1. The number of H-pyrrole nitrogens is 1. The Morgan fingerprint density at radius 3 is 2.41 bits per heavy atom. The van der Waals surface area contributed by atoms with E-state index in [0.717, 1.165) is 24.1 Å². The maximum absolute atomic E-state index is 12.8. The molecule has 1 saturated carbocycles. The highest BCUT2D eigenvalue weighted by molar-refractivity contribution is 5.97. The molecule has 182 valence electrons. The van der Waals surface area contributed by atoms with Gasteiger partial charge in [0.2, 0.25) is 0 Å². The third-order valence-corrected chi connectivity index (χ3v) is 7.11. The Hall–Kier alpha value is -3.07. The average Bonchev–Trinajstić information content (AvgIpc) is 3.18. The van der Waals surface area contributed by atoms with Crippen molar-refractivity contribution in [3.63, 3.8) is 0 Å². The molecule has 0 atom stereocenters. The number of benzene rings is 2. The van der Waals surface area contributed by atoms with Crippen molar-refractivity contribution in [1.29, 1.82) is 0 Å². The smallest absolute Gasteiger partial charge is 0.408 e. The lowest BCUT2D eigenvalue weighted by molar-refractivity contribution is -0.137. The third-order valence-electron chi connectivity index (χ3n) is 7.11. The molecule has 1 aliphatic carbocycles. The highest BCUT2D eigenvalue weighted by Crippen LogP contribution is 2.45. The zero-order valence-electron chi connectivity index (χ0n) is 18.8. The number of aliphatic hydroxyl groups is 1. The number of fused-ring (bicyclic) bond motifs is 1. The van der Waals surface area contributed by atoms with Crippen LogP contribution in [-0.2, 0) is 12.6 Å². The lowest BCUT2D eigenvalue weighted by atomic mass is 9.64. The number of aromatic amines is 1. The van der Waals surface area contributed by atoms with Gasteiger partial charge in [0.1, 0.15) is 0 Å². The van der Waals surface area contributed by atoms with E-state index >= 15 is 0 Å². The van der Waals surface area contributed by atoms with Crippen LogP contribution in [0.2, 0.25) is 0 Å². The second-order valence-corrected chi connectivity index (χ2v) is 9.36. The highest BCUT2D eigenvalue weighted by Gasteiger charge is 2.41. The Labute approximate surface area is 194 Å². The van der Waals surface area contributed by atoms with Gasteiger partial charge < -0.3 is 14.8 Å². The van der Waals surface area contributed by atoms with E-state index in [1.165, 1.54) is 18.2 Å². The number of oxazole rings is 1. The first-order chi connectivity index (χ1) is 16.0. The Bertz CT molecular complexity index is 1220. The summed E-state index contributed by atoms with van der Waals surface area (Å²) >= 11 is 0. The minimum Gasteiger partial charge on any atom is -0.408 e. The standard InChI is InChI=1S/C25H27F3N2O4/c1-2-23(14-16-3-6-18(7-4-16)25(26,27)28)9-11-24(33,12-10-23)15-29-21(31)17-5-8-19-20(13-17)34-22(32)30-19/h3-8,13,33H,2,9-12,14-15H2,1H3,(H,29,31)(H,30,32). The van der Waals surface area contributed by atoms with Crippen LogP contribution in [0.15, 0.2) is 51.7 Å². The monoisotopic (exact) mass is 476 g/mol. The van der Waals surface area contributed by atoms with Gasteiger partial charge in [0.15, 0.2) is 5.58 Å². The van der Waals surface area contributed by atoms with Gasteiger partial charge in [0, 0.05) is 12.1 Å². The van der Waals surface area contributed by atoms with Crippen LogP contribution >= 0.6 is 0 Å². The number of hydrogen-bond acceptors (Lipinski definition) is 4. The van der Waals surface area contributed by atoms with Gasteiger partial charge in [-0.1, -0.05) is 25.5 Å². The fraction of sp³-hybridized carbons (Fsp3) is 0.440. The molecule has 1 heterocycles. The topological polar surface area (TPSA) is 95.3 Å². The third kappa shape index (κ3) is 5.19. The second-order valence-electron chi connectivity index (χ2n) is 9.36. The van der Waals surface area contributed by atoms with Crippen molar-refractivity contribution in [1.82, 2.24) is 10.3 Å². The summed E-state index contributed by atoms with van der Waals surface area (Å²) < 4.78 is 43.5. The van der Waals surface area contributed by atoms with Gasteiger partial charge in [-0.15, -0.1) is 0 Å². The number of hydrogen-bond donors (Lipinski definition) is 3. The number of aromatic nitrogens is 1. The van der Waals surface area contributed by atoms with Crippen molar-refractivity contribution in [2.24, 2.45) is 5.41 Å². The van der Waals surface area contributed by atoms with Gasteiger partial charge in [-0.25, -0.2) is 4.79 Å². The van der Waals surface area contributed by atoms with Gasteiger partial charge in [0.25, 0.3) is 5.91 Å². The molecule has 1 fully saturated rings. The molecule has 3 N–H and O–H groups in total. The Morgan fingerprint density at radius 1 is 1.12 bits per heavy atom. The van der Waals surface area contributed by atoms with E-state index in [4.69, 9.17) is 4.42 Å². The molecule has 3 aromatic rings. The number of amides is 1. The van der Waals surface area contributed by atoms with Crippen LogP contribution in [0.1, 0.15) is 60.5 Å². The largest absolute Gasteiger partial charge is 0.417 e. The number of alkyl halides is 3. The molecule has 4 rings (SSSR count). The first kappa shape index (κ1) is 24.1. The minimum atomic E-state index is -4.35. The zero-order chi connectivity index (χ0) is 24.6. The summed E-state index contributed by atoms with van der Waals surface area (Å²) in [5.74, 6) is -0.976. The van der Waals surface area contributed by atoms with Gasteiger partial charge in [0.05, 0.1) is 16.7 Å². The Morgan fingerprint density at radius 2 is 1.79 bits per heavy atom. The number of nitrogens with one attached hydrogen (secondary N) is 2. The van der Waals surface area contributed by atoms with E-state index in [-0.39, 0.29) is 23.4 Å². The zero-order valence-corrected chi connectivity index (χ0v) is 18.8.